The normalized spacial score (nSPS) is 11.7. The van der Waals surface area contributed by atoms with Crippen molar-refractivity contribution in [3.8, 4) is 17.1 Å². The van der Waals surface area contributed by atoms with Crippen LogP contribution in [0.2, 0.25) is 0 Å². The van der Waals surface area contributed by atoms with E-state index in [4.69, 9.17) is 14.1 Å². The number of benzene rings is 3. The molecule has 0 bridgehead atoms. The fraction of sp³-hybridized carbons (Fsp3) is 0.154. The number of carbonyl (C=O) groups excluding carboxylic acids is 1. The van der Waals surface area contributed by atoms with E-state index in [1.807, 2.05) is 48.5 Å². The molecule has 4 aromatic rings. The third-order valence-electron chi connectivity index (χ3n) is 5.11. The van der Waals surface area contributed by atoms with Crippen LogP contribution in [0.5, 0.6) is 5.75 Å². The fourth-order valence-corrected chi connectivity index (χ4v) is 3.34. The molecule has 0 aliphatic carbocycles. The molecule has 35 heavy (non-hydrogen) atoms. The van der Waals surface area contributed by atoms with Crippen LogP contribution in [-0.2, 0) is 6.42 Å². The van der Waals surface area contributed by atoms with Crippen LogP contribution in [0, 0.1) is 0 Å². The monoisotopic (exact) mass is 485 g/mol. The van der Waals surface area contributed by atoms with Crippen LogP contribution < -0.4 is 10.1 Å². The Morgan fingerprint density at radius 2 is 1.60 bits per heavy atom. The second-order valence-corrected chi connectivity index (χ2v) is 7.62. The molecule has 0 aliphatic rings. The third-order valence-corrected chi connectivity index (χ3v) is 5.11. The molecule has 0 saturated heterocycles. The lowest BCUT2D eigenvalue weighted by Crippen LogP contribution is -2.04. The summed E-state index contributed by atoms with van der Waals surface area (Å²) in [4.78, 5) is 16.4. The van der Waals surface area contributed by atoms with Crippen LogP contribution >= 0.6 is 0 Å². The molecule has 0 atom stereocenters. The number of hydrogen-bond donors (Lipinski definition) is 0. The first kappa shape index (κ1) is 25.7. The van der Waals surface area contributed by atoms with Crippen molar-refractivity contribution < 1.29 is 32.6 Å². The van der Waals surface area contributed by atoms with E-state index in [9.17, 15) is 22.1 Å². The van der Waals surface area contributed by atoms with Gasteiger partial charge in [0.2, 0.25) is 0 Å². The topological polar surface area (TPSA) is 51.8 Å². The number of hydrogen-bond acceptors (Lipinski definition) is 4. The van der Waals surface area contributed by atoms with Gasteiger partial charge in [0.25, 0.3) is 0 Å². The summed E-state index contributed by atoms with van der Waals surface area (Å²) < 4.78 is 50.5. The molecular weight excluding hydrogens is 461 g/mol. The molecule has 0 spiro atoms. The van der Waals surface area contributed by atoms with Gasteiger partial charge in [0.15, 0.2) is 5.78 Å². The molecule has 3 aromatic carbocycles. The first-order chi connectivity index (χ1) is 16.6. The largest absolute Gasteiger partial charge is 1.00 e. The summed E-state index contributed by atoms with van der Waals surface area (Å²) in [5.41, 5.74) is 4.41. The van der Waals surface area contributed by atoms with Crippen molar-refractivity contribution in [2.75, 3.05) is 7.11 Å². The molecule has 0 unspecified atom stereocenters. The lowest BCUT2D eigenvalue weighted by atomic mass is 10.1. The van der Waals surface area contributed by atoms with Gasteiger partial charge >= 0.3 is 8.68 Å². The Morgan fingerprint density at radius 1 is 0.971 bits per heavy atom. The van der Waals surface area contributed by atoms with Crippen molar-refractivity contribution in [3.63, 3.8) is 0 Å². The average molecular weight is 485 g/mol. The Balaban J connectivity index is 0.000000694. The summed E-state index contributed by atoms with van der Waals surface area (Å²) in [6.45, 7) is 3.69. The molecule has 0 radical (unpaired) electrons. The highest BCUT2D eigenvalue weighted by Crippen LogP contribution is 2.25. The quantitative estimate of drug-likeness (QED) is 0.167. The maximum absolute atomic E-state index is 11.6. The Bertz CT molecular complexity index is 1380. The molecule has 1 heterocycles. The van der Waals surface area contributed by atoms with Gasteiger partial charge in [-0.25, -0.2) is 4.99 Å². The molecule has 4 nitrogen and oxygen atoms in total. The van der Waals surface area contributed by atoms with Gasteiger partial charge in [-0.15, -0.1) is 0 Å². The minimum absolute atomic E-state index is 0. The summed E-state index contributed by atoms with van der Waals surface area (Å²) in [7, 11) is -4.35. The minimum atomic E-state index is -6.00. The zero-order valence-corrected chi connectivity index (χ0v) is 19.4. The van der Waals surface area contributed by atoms with Gasteiger partial charge in [-0.3, -0.25) is 4.79 Å². The Labute approximate surface area is 201 Å². The van der Waals surface area contributed by atoms with Crippen LogP contribution in [0.1, 0.15) is 31.2 Å². The third kappa shape index (κ3) is 7.30. The van der Waals surface area contributed by atoms with Gasteiger partial charge in [0.1, 0.15) is 17.1 Å². The number of halogens is 4. The molecule has 0 saturated carbocycles. The minimum Gasteiger partial charge on any atom is -0.497 e. The van der Waals surface area contributed by atoms with E-state index >= 15 is 0 Å². The van der Waals surface area contributed by atoms with Crippen molar-refractivity contribution in [1.29, 1.82) is 0 Å². The number of Topliss-reactive ketones (excluding diaryl/α,β-unsaturated/α-hetero) is 1. The number of carbonyl (C=O) groups is 1. The maximum Gasteiger partial charge on any atom is 1.00 e. The number of rotatable bonds is 5. The highest BCUT2D eigenvalue weighted by Gasteiger charge is 2.20. The van der Waals surface area contributed by atoms with E-state index in [1.54, 1.807) is 26.2 Å². The number of nitrogens with zero attached hydrogens (tertiary/aromatic N) is 1. The maximum atomic E-state index is 11.6. The summed E-state index contributed by atoms with van der Waals surface area (Å²) in [6, 6.07) is 23.3. The van der Waals surface area contributed by atoms with Crippen molar-refractivity contribution >= 4 is 29.7 Å². The lowest BCUT2D eigenvalue weighted by molar-refractivity contribution is 0.101. The average Bonchev–Trinajstić information content (AvgIpc) is 2.83. The number of aryl methyl sites for hydroxylation is 1. The number of ether oxygens (including phenoxy) is 1. The van der Waals surface area contributed by atoms with E-state index in [2.05, 4.69) is 19.1 Å². The van der Waals surface area contributed by atoms with Gasteiger partial charge < -0.3 is 26.4 Å². The van der Waals surface area contributed by atoms with Gasteiger partial charge in [0.05, 0.1) is 18.2 Å². The van der Waals surface area contributed by atoms with Crippen LogP contribution in [0.4, 0.5) is 23.0 Å². The highest BCUT2D eigenvalue weighted by molar-refractivity contribution is 6.50. The Kier molecular flexibility index (Phi) is 8.12. The van der Waals surface area contributed by atoms with Crippen LogP contribution in [0.3, 0.4) is 0 Å². The molecular formula is C26H24BF4NO3. The van der Waals surface area contributed by atoms with Gasteiger partial charge in [-0.2, -0.15) is 0 Å². The van der Waals surface area contributed by atoms with E-state index in [0.717, 1.165) is 45.5 Å². The van der Waals surface area contributed by atoms with Gasteiger partial charge in [-0.1, -0.05) is 13.0 Å². The predicted molar refractivity (Wildman–Crippen MR) is 131 cm³/mol. The van der Waals surface area contributed by atoms with Crippen LogP contribution in [-0.4, -0.2) is 20.1 Å². The zero-order valence-electron chi connectivity index (χ0n) is 20.4. The number of methoxy groups -OCH3 is 1. The molecule has 0 fully saturated rings. The zero-order chi connectivity index (χ0) is 25.6. The SMILES string of the molecule is CCc1ccc2oc(-c3ccc(OC)cc3)cc(=Nc3ccc(C(C)=O)cc3)c2c1.F[B-](F)(F)F.[H+]. The summed E-state index contributed by atoms with van der Waals surface area (Å²) in [5.74, 6) is 1.57. The molecule has 182 valence electrons. The molecule has 0 amide bonds. The fourth-order valence-electron chi connectivity index (χ4n) is 3.34. The van der Waals surface area contributed by atoms with Gasteiger partial charge in [-0.05, 0) is 79.6 Å². The van der Waals surface area contributed by atoms with E-state index in [-0.39, 0.29) is 7.21 Å². The van der Waals surface area contributed by atoms with E-state index in [0.29, 0.717) is 5.56 Å². The first-order valence-corrected chi connectivity index (χ1v) is 10.8. The standard InChI is InChI=1S/C26H23NO3.BF4/c1-4-18-5-14-25-23(15-18)24(27-21-10-6-19(7-11-21)17(2)28)16-26(30-25)20-8-12-22(29-3)13-9-20;2-1(3,4)5/h5-16H,4H2,1-3H3;/q;-1/p+1. The van der Waals surface area contributed by atoms with E-state index < -0.39 is 7.25 Å². The van der Waals surface area contributed by atoms with Crippen LogP contribution in [0.25, 0.3) is 22.3 Å². The van der Waals surface area contributed by atoms with Crippen molar-refractivity contribution in [2.45, 2.75) is 20.3 Å². The molecule has 9 heteroatoms. The first-order valence-electron chi connectivity index (χ1n) is 10.8. The van der Waals surface area contributed by atoms with Gasteiger partial charge in [0, 0.05) is 22.6 Å². The summed E-state index contributed by atoms with van der Waals surface area (Å²) in [5, 5.41) is 1.79. The second-order valence-electron chi connectivity index (χ2n) is 7.62. The predicted octanol–water partition coefficient (Wildman–Crippen LogP) is 7.52. The molecule has 1 aromatic heterocycles. The Morgan fingerprint density at radius 3 is 2.14 bits per heavy atom. The van der Waals surface area contributed by atoms with Crippen molar-refractivity contribution in [3.05, 3.63) is 89.3 Å². The summed E-state index contributed by atoms with van der Waals surface area (Å²) >= 11 is 0. The Hall–Kier alpha value is -3.88. The molecule has 0 N–H and O–H groups in total. The second kappa shape index (κ2) is 11.0. The number of ketones is 1. The van der Waals surface area contributed by atoms with Crippen molar-refractivity contribution in [1.82, 2.24) is 0 Å². The molecule has 4 rings (SSSR count). The van der Waals surface area contributed by atoms with E-state index in [1.165, 1.54) is 5.56 Å². The lowest BCUT2D eigenvalue weighted by Gasteiger charge is -2.07. The highest BCUT2D eigenvalue weighted by atomic mass is 19.5. The van der Waals surface area contributed by atoms with Crippen molar-refractivity contribution in [2.24, 2.45) is 4.99 Å². The van der Waals surface area contributed by atoms with Crippen LogP contribution in [0.15, 0.2) is 82.2 Å². The smallest absolute Gasteiger partial charge is 0.497 e. The molecule has 0 aliphatic heterocycles. The number of fused-ring (bicyclic) bond motifs is 1. The summed E-state index contributed by atoms with van der Waals surface area (Å²) in [6.07, 6.45) is 0.933.